The van der Waals surface area contributed by atoms with Gasteiger partial charge in [0.05, 0.1) is 0 Å². The molecule has 100 valence electrons. The van der Waals surface area contributed by atoms with Gasteiger partial charge in [0, 0.05) is 18.2 Å². The van der Waals surface area contributed by atoms with Crippen LogP contribution >= 0.6 is 0 Å². The first kappa shape index (κ1) is 12.6. The molecule has 0 spiro atoms. The summed E-state index contributed by atoms with van der Waals surface area (Å²) in [7, 11) is 0. The Kier molecular flexibility index (Phi) is 3.96. The Morgan fingerprint density at radius 3 is 2.28 bits per heavy atom. The summed E-state index contributed by atoms with van der Waals surface area (Å²) >= 11 is 0. The Morgan fingerprint density at radius 2 is 1.72 bits per heavy atom. The van der Waals surface area contributed by atoms with E-state index in [0.29, 0.717) is 4.73 Å². The van der Waals surface area contributed by atoms with Crippen molar-refractivity contribution in [1.29, 1.82) is 0 Å². The van der Waals surface area contributed by atoms with Crippen LogP contribution in [0.4, 0.5) is 4.79 Å². The first-order valence-electron chi connectivity index (χ1n) is 6.25. The van der Waals surface area contributed by atoms with Crippen LogP contribution in [0.3, 0.4) is 0 Å². The highest BCUT2D eigenvalue weighted by Gasteiger charge is 2.17. The maximum Gasteiger partial charge on any atom is 0.432 e. The van der Waals surface area contributed by atoms with E-state index >= 15 is 0 Å². The topological polar surface area (TPSA) is 83.7 Å². The minimum absolute atomic E-state index is 0.111. The summed E-state index contributed by atoms with van der Waals surface area (Å²) in [5.41, 5.74) is 0. The lowest BCUT2D eigenvalue weighted by molar-refractivity contribution is 0.105. The summed E-state index contributed by atoms with van der Waals surface area (Å²) in [5.74, 6) is -0.632. The average molecular weight is 254 g/mol. The van der Waals surface area contributed by atoms with Crippen molar-refractivity contribution in [3.8, 4) is 11.8 Å². The van der Waals surface area contributed by atoms with Gasteiger partial charge in [-0.3, -0.25) is 0 Å². The van der Waals surface area contributed by atoms with Crippen molar-refractivity contribution in [2.45, 2.75) is 44.6 Å². The van der Waals surface area contributed by atoms with E-state index in [1.807, 2.05) is 0 Å². The van der Waals surface area contributed by atoms with E-state index in [-0.39, 0.29) is 17.8 Å². The third kappa shape index (κ3) is 3.09. The van der Waals surface area contributed by atoms with E-state index in [1.54, 1.807) is 0 Å². The van der Waals surface area contributed by atoms with Crippen molar-refractivity contribution in [3.63, 3.8) is 0 Å². The number of amides is 1. The molecule has 1 fully saturated rings. The largest absolute Gasteiger partial charge is 0.492 e. The van der Waals surface area contributed by atoms with Crippen molar-refractivity contribution in [1.82, 2.24) is 10.0 Å². The van der Waals surface area contributed by atoms with Gasteiger partial charge in [0.25, 0.3) is 0 Å². The number of rotatable bonds is 2. The standard InChI is InChI=1S/C12H18N2O4/c15-10-7-8-11(16)14(10)18-12(17)13-9-5-3-1-2-4-6-9/h7-9,15-16H,1-6H2,(H,13,17). The molecule has 0 aliphatic heterocycles. The van der Waals surface area contributed by atoms with E-state index in [9.17, 15) is 15.0 Å². The molecule has 0 saturated heterocycles. The summed E-state index contributed by atoms with van der Waals surface area (Å²) < 4.78 is 0.687. The minimum Gasteiger partial charge on any atom is -0.492 e. The van der Waals surface area contributed by atoms with Crippen molar-refractivity contribution in [2.24, 2.45) is 0 Å². The zero-order chi connectivity index (χ0) is 13.0. The number of aromatic hydroxyl groups is 2. The fraction of sp³-hybridized carbons (Fsp3) is 0.583. The molecule has 0 bridgehead atoms. The second kappa shape index (κ2) is 5.66. The lowest BCUT2D eigenvalue weighted by atomic mass is 10.1. The number of carbonyl (C=O) groups excluding carboxylic acids is 1. The highest BCUT2D eigenvalue weighted by Crippen LogP contribution is 2.19. The van der Waals surface area contributed by atoms with Gasteiger partial charge in [0.2, 0.25) is 11.8 Å². The van der Waals surface area contributed by atoms with Gasteiger partial charge >= 0.3 is 6.09 Å². The van der Waals surface area contributed by atoms with Gasteiger partial charge in [-0.1, -0.05) is 25.7 Å². The van der Waals surface area contributed by atoms with E-state index in [1.165, 1.54) is 25.0 Å². The van der Waals surface area contributed by atoms with Crippen molar-refractivity contribution >= 4 is 6.09 Å². The number of hydrogen-bond acceptors (Lipinski definition) is 4. The van der Waals surface area contributed by atoms with E-state index in [2.05, 4.69) is 5.32 Å². The molecule has 6 nitrogen and oxygen atoms in total. The van der Waals surface area contributed by atoms with Crippen LogP contribution in [0, 0.1) is 0 Å². The van der Waals surface area contributed by atoms with Gasteiger partial charge < -0.3 is 20.4 Å². The molecule has 1 aromatic rings. The zero-order valence-electron chi connectivity index (χ0n) is 10.1. The molecule has 1 heterocycles. The smallest absolute Gasteiger partial charge is 0.432 e. The monoisotopic (exact) mass is 254 g/mol. The van der Waals surface area contributed by atoms with Crippen LogP contribution in [0.5, 0.6) is 11.8 Å². The molecule has 0 unspecified atom stereocenters. The molecule has 0 atom stereocenters. The number of hydrogen-bond donors (Lipinski definition) is 3. The lowest BCUT2D eigenvalue weighted by Crippen LogP contribution is -2.39. The van der Waals surface area contributed by atoms with Crippen molar-refractivity contribution < 1.29 is 19.8 Å². The van der Waals surface area contributed by atoms with E-state index < -0.39 is 6.09 Å². The Morgan fingerprint density at radius 1 is 1.17 bits per heavy atom. The van der Waals surface area contributed by atoms with E-state index in [0.717, 1.165) is 25.7 Å². The normalized spacial score (nSPS) is 17.1. The molecule has 0 radical (unpaired) electrons. The zero-order valence-corrected chi connectivity index (χ0v) is 10.1. The average Bonchev–Trinajstić information content (AvgIpc) is 2.59. The predicted molar refractivity (Wildman–Crippen MR) is 64.4 cm³/mol. The third-order valence-corrected chi connectivity index (χ3v) is 3.15. The number of aromatic nitrogens is 1. The molecule has 1 amide bonds. The fourth-order valence-electron chi connectivity index (χ4n) is 2.19. The maximum absolute atomic E-state index is 11.6. The molecule has 0 aromatic carbocycles. The quantitative estimate of drug-likeness (QED) is 0.702. The highest BCUT2D eigenvalue weighted by atomic mass is 16.7. The van der Waals surface area contributed by atoms with Gasteiger partial charge in [-0.15, -0.1) is 4.73 Å². The van der Waals surface area contributed by atoms with Gasteiger partial charge in [-0.2, -0.15) is 0 Å². The van der Waals surface area contributed by atoms with Crippen LogP contribution in [0.2, 0.25) is 0 Å². The maximum atomic E-state index is 11.6. The molecule has 3 N–H and O–H groups in total. The second-order valence-corrected chi connectivity index (χ2v) is 4.56. The van der Waals surface area contributed by atoms with Crippen LogP contribution in [0.15, 0.2) is 12.1 Å². The number of nitrogens with one attached hydrogen (secondary N) is 1. The van der Waals surface area contributed by atoms with Crippen LogP contribution in [0.1, 0.15) is 38.5 Å². The third-order valence-electron chi connectivity index (χ3n) is 3.15. The Bertz CT molecular complexity index is 389. The SMILES string of the molecule is O=C(NC1CCCCCC1)On1c(O)ccc1O. The number of carbonyl (C=O) groups is 1. The molecular weight excluding hydrogens is 236 g/mol. The Balaban J connectivity index is 1.88. The summed E-state index contributed by atoms with van der Waals surface area (Å²) in [5, 5.41) is 21.4. The Labute approximate surface area is 105 Å². The van der Waals surface area contributed by atoms with Crippen LogP contribution in [-0.2, 0) is 0 Å². The van der Waals surface area contributed by atoms with Gasteiger partial charge in [0.15, 0.2) is 0 Å². The summed E-state index contributed by atoms with van der Waals surface area (Å²) in [6.07, 6.45) is 5.83. The molecule has 1 aromatic heterocycles. The van der Waals surface area contributed by atoms with Gasteiger partial charge in [0.1, 0.15) is 0 Å². The molecular formula is C12H18N2O4. The van der Waals surface area contributed by atoms with Gasteiger partial charge in [-0.25, -0.2) is 4.79 Å². The van der Waals surface area contributed by atoms with E-state index in [4.69, 9.17) is 4.84 Å². The van der Waals surface area contributed by atoms with Crippen molar-refractivity contribution in [2.75, 3.05) is 0 Å². The van der Waals surface area contributed by atoms with Crippen LogP contribution in [0.25, 0.3) is 0 Å². The predicted octanol–water partition coefficient (Wildman–Crippen LogP) is 1.76. The molecule has 18 heavy (non-hydrogen) atoms. The molecule has 6 heteroatoms. The number of nitrogens with zero attached hydrogens (tertiary/aromatic N) is 1. The molecule has 1 aliphatic carbocycles. The van der Waals surface area contributed by atoms with Gasteiger partial charge in [-0.05, 0) is 12.8 Å². The molecule has 2 rings (SSSR count). The Hall–Kier alpha value is -1.85. The summed E-state index contributed by atoms with van der Waals surface area (Å²) in [4.78, 5) is 16.4. The molecule has 1 aliphatic rings. The minimum atomic E-state index is -0.663. The van der Waals surface area contributed by atoms with Crippen molar-refractivity contribution in [3.05, 3.63) is 12.1 Å². The summed E-state index contributed by atoms with van der Waals surface area (Å²) in [6.45, 7) is 0. The second-order valence-electron chi connectivity index (χ2n) is 4.56. The van der Waals surface area contributed by atoms with Crippen LogP contribution in [-0.4, -0.2) is 27.1 Å². The first-order valence-corrected chi connectivity index (χ1v) is 6.25. The van der Waals surface area contributed by atoms with Crippen LogP contribution < -0.4 is 10.2 Å². The highest BCUT2D eigenvalue weighted by molar-refractivity contribution is 5.68. The summed E-state index contributed by atoms with van der Waals surface area (Å²) in [6, 6.07) is 2.60. The molecule has 1 saturated carbocycles. The lowest BCUT2D eigenvalue weighted by Gasteiger charge is -2.16. The fourth-order valence-corrected chi connectivity index (χ4v) is 2.19. The first-order chi connectivity index (χ1) is 8.66.